The third-order valence-corrected chi connectivity index (χ3v) is 4.43. The molecule has 1 fully saturated rings. The van der Waals surface area contributed by atoms with Gasteiger partial charge < -0.3 is 4.42 Å². The molecule has 0 N–H and O–H groups in total. The number of hydrogen-bond acceptors (Lipinski definition) is 2. The maximum atomic E-state index is 12.2. The minimum absolute atomic E-state index is 0.0359. The van der Waals surface area contributed by atoms with Gasteiger partial charge >= 0.3 is 0 Å². The second kappa shape index (κ2) is 3.47. The van der Waals surface area contributed by atoms with Crippen molar-refractivity contribution in [3.8, 4) is 0 Å². The van der Waals surface area contributed by atoms with Gasteiger partial charge in [-0.25, -0.2) is 0 Å². The van der Waals surface area contributed by atoms with Crippen LogP contribution in [-0.4, -0.2) is 5.78 Å². The predicted molar refractivity (Wildman–Crippen MR) is 61.4 cm³/mol. The molecule has 0 aliphatic heterocycles. The Morgan fingerprint density at radius 2 is 2.06 bits per heavy atom. The van der Waals surface area contributed by atoms with Crippen molar-refractivity contribution < 1.29 is 9.21 Å². The lowest BCUT2D eigenvalue weighted by atomic mass is 9.64. The first-order chi connectivity index (χ1) is 7.71. The molecule has 0 unspecified atom stereocenters. The van der Waals surface area contributed by atoms with E-state index in [1.54, 1.807) is 6.26 Å². The number of furan rings is 1. The second-order valence-electron chi connectivity index (χ2n) is 5.57. The average Bonchev–Trinajstić information content (AvgIpc) is 2.61. The van der Waals surface area contributed by atoms with Gasteiger partial charge in [-0.3, -0.25) is 4.79 Å². The summed E-state index contributed by atoms with van der Waals surface area (Å²) < 4.78 is 5.62. The molecular weight excluding hydrogens is 200 g/mol. The van der Waals surface area contributed by atoms with Crippen molar-refractivity contribution in [3.63, 3.8) is 0 Å². The number of rotatable bonds is 0. The van der Waals surface area contributed by atoms with E-state index in [-0.39, 0.29) is 11.3 Å². The fraction of sp³-hybridized carbons (Fsp3) is 0.643. The van der Waals surface area contributed by atoms with E-state index in [9.17, 15) is 4.79 Å². The quantitative estimate of drug-likeness (QED) is 0.667. The Morgan fingerprint density at radius 3 is 2.88 bits per heavy atom. The molecule has 1 saturated carbocycles. The van der Waals surface area contributed by atoms with Crippen molar-refractivity contribution in [2.75, 3.05) is 0 Å². The summed E-state index contributed by atoms with van der Waals surface area (Å²) in [4.78, 5) is 12.2. The first-order valence-electron chi connectivity index (χ1n) is 6.30. The lowest BCUT2D eigenvalue weighted by molar-refractivity contribution is -0.126. The van der Waals surface area contributed by atoms with Gasteiger partial charge in [0.15, 0.2) is 0 Å². The second-order valence-corrected chi connectivity index (χ2v) is 5.57. The van der Waals surface area contributed by atoms with Crippen molar-refractivity contribution in [2.24, 2.45) is 5.41 Å². The van der Waals surface area contributed by atoms with E-state index in [0.29, 0.717) is 5.78 Å². The molecule has 3 rings (SSSR count). The first-order valence-corrected chi connectivity index (χ1v) is 6.30. The number of carbonyl (C=O) groups is 1. The van der Waals surface area contributed by atoms with Crippen LogP contribution in [-0.2, 0) is 11.2 Å². The Labute approximate surface area is 96.0 Å². The van der Waals surface area contributed by atoms with Gasteiger partial charge in [-0.15, -0.1) is 0 Å². The minimum Gasteiger partial charge on any atom is -0.468 e. The van der Waals surface area contributed by atoms with Crippen LogP contribution in [0.15, 0.2) is 16.7 Å². The van der Waals surface area contributed by atoms with Gasteiger partial charge in [0.05, 0.1) is 12.2 Å². The zero-order valence-electron chi connectivity index (χ0n) is 9.79. The van der Waals surface area contributed by atoms with Crippen LogP contribution in [0, 0.1) is 5.41 Å². The summed E-state index contributed by atoms with van der Waals surface area (Å²) in [6.07, 6.45) is 8.13. The van der Waals surface area contributed by atoms with Crippen molar-refractivity contribution in [3.05, 3.63) is 23.7 Å². The maximum absolute atomic E-state index is 12.2. The Balaban J connectivity index is 2.10. The summed E-state index contributed by atoms with van der Waals surface area (Å²) >= 11 is 0. The molecule has 0 aromatic carbocycles. The molecule has 1 aromatic heterocycles. The number of aryl methyl sites for hydroxylation is 1. The summed E-state index contributed by atoms with van der Waals surface area (Å²) in [6, 6.07) is 2.04. The van der Waals surface area contributed by atoms with Crippen LogP contribution in [0.5, 0.6) is 0 Å². The van der Waals surface area contributed by atoms with E-state index >= 15 is 0 Å². The van der Waals surface area contributed by atoms with Crippen LogP contribution in [0.1, 0.15) is 56.3 Å². The first kappa shape index (κ1) is 10.1. The molecule has 0 saturated heterocycles. The van der Waals surface area contributed by atoms with Crippen LogP contribution in [0.2, 0.25) is 0 Å². The third-order valence-electron chi connectivity index (χ3n) is 4.43. The number of hydrogen-bond donors (Lipinski definition) is 0. The lowest BCUT2D eigenvalue weighted by Crippen LogP contribution is -2.34. The van der Waals surface area contributed by atoms with Crippen LogP contribution < -0.4 is 0 Å². The Bertz CT molecular complexity index is 418. The van der Waals surface area contributed by atoms with Crippen molar-refractivity contribution in [2.45, 2.75) is 51.4 Å². The average molecular weight is 218 g/mol. The molecule has 2 aliphatic rings. The summed E-state index contributed by atoms with van der Waals surface area (Å²) in [6.45, 7) is 2.27. The van der Waals surface area contributed by atoms with E-state index in [2.05, 4.69) is 6.92 Å². The molecule has 1 aromatic rings. The highest BCUT2D eigenvalue weighted by Gasteiger charge is 2.45. The molecule has 2 aliphatic carbocycles. The van der Waals surface area contributed by atoms with E-state index in [4.69, 9.17) is 4.42 Å². The van der Waals surface area contributed by atoms with E-state index in [1.807, 2.05) is 6.07 Å². The molecule has 2 nitrogen and oxygen atoms in total. The number of Topliss-reactive ketones (excluding diaryl/α,β-unsaturated/α-hetero) is 1. The molecule has 16 heavy (non-hydrogen) atoms. The Morgan fingerprint density at radius 1 is 1.31 bits per heavy atom. The predicted octanol–water partition coefficient (Wildman–Crippen LogP) is 3.46. The summed E-state index contributed by atoms with van der Waals surface area (Å²) in [5, 5.41) is 0. The zero-order valence-corrected chi connectivity index (χ0v) is 9.79. The summed E-state index contributed by atoms with van der Waals surface area (Å²) in [5.41, 5.74) is 1.42. The topological polar surface area (TPSA) is 30.2 Å². The van der Waals surface area contributed by atoms with Gasteiger partial charge in [0.25, 0.3) is 0 Å². The van der Waals surface area contributed by atoms with Gasteiger partial charge in [-0.1, -0.05) is 6.92 Å². The van der Waals surface area contributed by atoms with Gasteiger partial charge in [0, 0.05) is 6.42 Å². The molecular formula is C14H18O2. The van der Waals surface area contributed by atoms with Crippen molar-refractivity contribution in [1.29, 1.82) is 0 Å². The zero-order chi connectivity index (χ0) is 11.2. The lowest BCUT2D eigenvalue weighted by Gasteiger charge is -2.38. The number of ketones is 1. The normalized spacial score (nSPS) is 34.1. The Hall–Kier alpha value is -1.05. The van der Waals surface area contributed by atoms with E-state index in [1.165, 1.54) is 18.4 Å². The van der Waals surface area contributed by atoms with Crippen molar-refractivity contribution >= 4 is 5.78 Å². The molecule has 86 valence electrons. The molecule has 2 heteroatoms. The number of carbonyl (C=O) groups excluding carboxylic acids is 1. The molecule has 1 heterocycles. The van der Waals surface area contributed by atoms with Gasteiger partial charge in [-0.2, -0.15) is 0 Å². The SMILES string of the molecule is C[C@]12CCCC(=O)[C@H]1c1occc1CCC2. The monoisotopic (exact) mass is 218 g/mol. The fourth-order valence-corrected chi connectivity index (χ4v) is 3.57. The molecule has 0 radical (unpaired) electrons. The van der Waals surface area contributed by atoms with E-state index in [0.717, 1.165) is 31.4 Å². The highest BCUT2D eigenvalue weighted by Crippen LogP contribution is 2.51. The molecule has 0 bridgehead atoms. The standard InChI is InChI=1S/C14H18O2/c1-14-7-2-4-10-6-9-16-13(10)12(14)11(15)5-3-8-14/h6,9,12H,2-5,7-8H2,1H3/t12-,14-/m0/s1. The highest BCUT2D eigenvalue weighted by atomic mass is 16.3. The largest absolute Gasteiger partial charge is 0.468 e. The van der Waals surface area contributed by atoms with Gasteiger partial charge in [0.2, 0.25) is 0 Å². The van der Waals surface area contributed by atoms with Crippen LogP contribution >= 0.6 is 0 Å². The molecule has 2 atom stereocenters. The smallest absolute Gasteiger partial charge is 0.144 e. The highest BCUT2D eigenvalue weighted by molar-refractivity contribution is 5.87. The van der Waals surface area contributed by atoms with Crippen molar-refractivity contribution in [1.82, 2.24) is 0 Å². The van der Waals surface area contributed by atoms with Gasteiger partial charge in [-0.05, 0) is 49.1 Å². The maximum Gasteiger partial charge on any atom is 0.144 e. The van der Waals surface area contributed by atoms with Crippen LogP contribution in [0.3, 0.4) is 0 Å². The Kier molecular flexibility index (Phi) is 2.20. The fourth-order valence-electron chi connectivity index (χ4n) is 3.57. The van der Waals surface area contributed by atoms with Gasteiger partial charge in [0.1, 0.15) is 11.5 Å². The van der Waals surface area contributed by atoms with Crippen LogP contribution in [0.25, 0.3) is 0 Å². The number of fused-ring (bicyclic) bond motifs is 3. The molecule has 0 amide bonds. The third kappa shape index (κ3) is 1.35. The van der Waals surface area contributed by atoms with E-state index < -0.39 is 0 Å². The minimum atomic E-state index is 0.0359. The van der Waals surface area contributed by atoms with Crippen LogP contribution in [0.4, 0.5) is 0 Å². The summed E-state index contributed by atoms with van der Waals surface area (Å²) in [5.74, 6) is 1.41. The summed E-state index contributed by atoms with van der Waals surface area (Å²) in [7, 11) is 0. The molecule has 0 spiro atoms.